The molecular formula is C13H8Cl3NOS. The topological polar surface area (TPSA) is 30.0 Å². The second-order valence-corrected chi connectivity index (χ2v) is 5.84. The van der Waals surface area contributed by atoms with Gasteiger partial charge in [-0.25, -0.2) is 4.98 Å². The average Bonchev–Trinajstić information content (AvgIpc) is 2.37. The Morgan fingerprint density at radius 1 is 1.16 bits per heavy atom. The molecule has 0 fully saturated rings. The van der Waals surface area contributed by atoms with Crippen molar-refractivity contribution in [2.45, 2.75) is 5.03 Å². The van der Waals surface area contributed by atoms with E-state index in [1.807, 2.05) is 0 Å². The van der Waals surface area contributed by atoms with E-state index in [1.54, 1.807) is 36.5 Å². The van der Waals surface area contributed by atoms with Crippen LogP contribution in [0.1, 0.15) is 10.4 Å². The zero-order valence-corrected chi connectivity index (χ0v) is 12.7. The molecule has 19 heavy (non-hydrogen) atoms. The van der Waals surface area contributed by atoms with E-state index in [2.05, 4.69) is 4.98 Å². The van der Waals surface area contributed by atoms with E-state index in [9.17, 15) is 4.79 Å². The first-order valence-electron chi connectivity index (χ1n) is 5.29. The van der Waals surface area contributed by atoms with Crippen LogP contribution in [0.15, 0.2) is 41.6 Å². The first-order valence-corrected chi connectivity index (χ1v) is 7.41. The van der Waals surface area contributed by atoms with Crippen molar-refractivity contribution in [1.29, 1.82) is 0 Å². The van der Waals surface area contributed by atoms with Gasteiger partial charge in [0.15, 0.2) is 5.78 Å². The number of rotatable bonds is 4. The number of hydrogen-bond donors (Lipinski definition) is 0. The Morgan fingerprint density at radius 3 is 2.63 bits per heavy atom. The molecule has 0 amide bonds. The molecule has 0 spiro atoms. The van der Waals surface area contributed by atoms with Crippen LogP contribution in [0.25, 0.3) is 0 Å². The van der Waals surface area contributed by atoms with Gasteiger partial charge in [-0.2, -0.15) is 0 Å². The Kier molecular flexibility index (Phi) is 5.11. The fourth-order valence-electron chi connectivity index (χ4n) is 1.40. The first-order chi connectivity index (χ1) is 9.08. The molecule has 0 radical (unpaired) electrons. The van der Waals surface area contributed by atoms with Crippen molar-refractivity contribution in [3.05, 3.63) is 57.2 Å². The monoisotopic (exact) mass is 331 g/mol. The highest BCUT2D eigenvalue weighted by atomic mass is 35.5. The zero-order chi connectivity index (χ0) is 13.8. The minimum absolute atomic E-state index is 0.0895. The number of nitrogens with zero attached hydrogens (tertiary/aromatic N) is 1. The maximum absolute atomic E-state index is 12.0. The lowest BCUT2D eigenvalue weighted by Crippen LogP contribution is -2.03. The van der Waals surface area contributed by atoms with Gasteiger partial charge in [0.05, 0.1) is 15.8 Å². The summed E-state index contributed by atoms with van der Waals surface area (Å²) in [6.07, 6.45) is 1.63. The molecule has 1 aromatic heterocycles. The van der Waals surface area contributed by atoms with Crippen molar-refractivity contribution in [2.75, 3.05) is 5.75 Å². The van der Waals surface area contributed by atoms with Gasteiger partial charge in [0, 0.05) is 16.8 Å². The number of aromatic nitrogens is 1. The van der Waals surface area contributed by atoms with Gasteiger partial charge in [-0.15, -0.1) is 0 Å². The molecule has 0 aliphatic heterocycles. The van der Waals surface area contributed by atoms with Crippen LogP contribution < -0.4 is 0 Å². The van der Waals surface area contributed by atoms with Gasteiger partial charge in [-0.05, 0) is 30.3 Å². The Morgan fingerprint density at radius 2 is 1.95 bits per heavy atom. The molecule has 98 valence electrons. The molecule has 0 atom stereocenters. The molecule has 2 nitrogen and oxygen atoms in total. The third-order valence-corrected chi connectivity index (χ3v) is 4.27. The lowest BCUT2D eigenvalue weighted by Gasteiger charge is -2.04. The van der Waals surface area contributed by atoms with E-state index < -0.39 is 0 Å². The quantitative estimate of drug-likeness (QED) is 0.582. The van der Waals surface area contributed by atoms with E-state index >= 15 is 0 Å². The Bertz CT molecular complexity index is 619. The number of thioether (sulfide) groups is 1. The van der Waals surface area contributed by atoms with Crippen LogP contribution in [-0.4, -0.2) is 16.5 Å². The van der Waals surface area contributed by atoms with Gasteiger partial charge >= 0.3 is 0 Å². The molecule has 0 saturated heterocycles. The van der Waals surface area contributed by atoms with Crippen LogP contribution in [0.5, 0.6) is 0 Å². The maximum atomic E-state index is 12.0. The van der Waals surface area contributed by atoms with Gasteiger partial charge in [-0.3, -0.25) is 4.79 Å². The van der Waals surface area contributed by atoms with Crippen molar-refractivity contribution in [2.24, 2.45) is 0 Å². The van der Waals surface area contributed by atoms with Gasteiger partial charge in [0.1, 0.15) is 5.03 Å². The number of Topliss-reactive ketones (excluding diaryl/α,β-unsaturated/α-hetero) is 1. The van der Waals surface area contributed by atoms with Gasteiger partial charge in [-0.1, -0.05) is 46.6 Å². The summed E-state index contributed by atoms with van der Waals surface area (Å²) in [4.78, 5) is 16.1. The van der Waals surface area contributed by atoms with Crippen LogP contribution in [0, 0.1) is 0 Å². The molecule has 0 unspecified atom stereocenters. The van der Waals surface area contributed by atoms with Crippen molar-refractivity contribution in [3.63, 3.8) is 0 Å². The number of carbonyl (C=O) groups is 1. The Balaban J connectivity index is 2.08. The van der Waals surface area contributed by atoms with Crippen LogP contribution in [0.3, 0.4) is 0 Å². The third kappa shape index (κ3) is 3.86. The van der Waals surface area contributed by atoms with Crippen LogP contribution in [-0.2, 0) is 0 Å². The first kappa shape index (κ1) is 14.7. The molecule has 0 saturated carbocycles. The fourth-order valence-corrected chi connectivity index (χ4v) is 2.97. The molecule has 0 N–H and O–H groups in total. The molecule has 1 heterocycles. The van der Waals surface area contributed by atoms with Crippen LogP contribution in [0.4, 0.5) is 0 Å². The SMILES string of the molecule is O=C(CSc1ncccc1Cl)c1ccc(Cl)cc1Cl. The van der Waals surface area contributed by atoms with Crippen molar-refractivity contribution in [1.82, 2.24) is 4.98 Å². The summed E-state index contributed by atoms with van der Waals surface area (Å²) in [6.45, 7) is 0. The number of pyridine rings is 1. The predicted molar refractivity (Wildman–Crippen MR) is 80.8 cm³/mol. The van der Waals surface area contributed by atoms with Gasteiger partial charge in [0.2, 0.25) is 0 Å². The molecule has 2 rings (SSSR count). The highest BCUT2D eigenvalue weighted by Crippen LogP contribution is 2.27. The number of halogens is 3. The summed E-state index contributed by atoms with van der Waals surface area (Å²) >= 11 is 19.0. The lowest BCUT2D eigenvalue weighted by atomic mass is 10.1. The van der Waals surface area contributed by atoms with Crippen LogP contribution in [0.2, 0.25) is 15.1 Å². The lowest BCUT2D eigenvalue weighted by molar-refractivity contribution is 0.102. The Labute approximate surface area is 130 Å². The van der Waals surface area contributed by atoms with E-state index in [1.165, 1.54) is 11.8 Å². The molecule has 0 aliphatic carbocycles. The summed E-state index contributed by atoms with van der Waals surface area (Å²) in [5.41, 5.74) is 0.450. The fraction of sp³-hybridized carbons (Fsp3) is 0.0769. The largest absolute Gasteiger partial charge is 0.293 e. The normalized spacial score (nSPS) is 10.5. The van der Waals surface area contributed by atoms with Gasteiger partial charge in [0.25, 0.3) is 0 Å². The molecule has 2 aromatic rings. The second-order valence-electron chi connectivity index (χ2n) is 3.63. The molecule has 0 aliphatic rings. The predicted octanol–water partition coefficient (Wildman–Crippen LogP) is 5.02. The van der Waals surface area contributed by atoms with E-state index in [0.29, 0.717) is 25.7 Å². The average molecular weight is 333 g/mol. The summed E-state index contributed by atoms with van der Waals surface area (Å²) in [7, 11) is 0. The minimum atomic E-state index is -0.0895. The standard InChI is InChI=1S/C13H8Cl3NOS/c14-8-3-4-9(11(16)6-8)12(18)7-19-13-10(15)2-1-5-17-13/h1-6H,7H2. The molecule has 0 bridgehead atoms. The van der Waals surface area contributed by atoms with Crippen LogP contribution >= 0.6 is 46.6 Å². The van der Waals surface area contributed by atoms with Crippen molar-refractivity contribution in [3.8, 4) is 0 Å². The molecule has 1 aromatic carbocycles. The van der Waals surface area contributed by atoms with Crippen molar-refractivity contribution < 1.29 is 4.79 Å². The number of benzene rings is 1. The van der Waals surface area contributed by atoms with Crippen molar-refractivity contribution >= 4 is 52.3 Å². The van der Waals surface area contributed by atoms with E-state index in [4.69, 9.17) is 34.8 Å². The summed E-state index contributed by atoms with van der Waals surface area (Å²) in [5, 5.41) is 2.01. The molecule has 6 heteroatoms. The maximum Gasteiger partial charge on any atom is 0.174 e. The van der Waals surface area contributed by atoms with E-state index in [-0.39, 0.29) is 11.5 Å². The third-order valence-electron chi connectivity index (χ3n) is 2.30. The summed E-state index contributed by atoms with van der Waals surface area (Å²) in [6, 6.07) is 8.28. The molecular weight excluding hydrogens is 325 g/mol. The zero-order valence-electron chi connectivity index (χ0n) is 9.57. The number of hydrogen-bond acceptors (Lipinski definition) is 3. The summed E-state index contributed by atoms with van der Waals surface area (Å²) < 4.78 is 0. The number of ketones is 1. The second kappa shape index (κ2) is 6.62. The highest BCUT2D eigenvalue weighted by molar-refractivity contribution is 8.00. The smallest absolute Gasteiger partial charge is 0.174 e. The Hall–Kier alpha value is -0.740. The minimum Gasteiger partial charge on any atom is -0.293 e. The highest BCUT2D eigenvalue weighted by Gasteiger charge is 2.12. The summed E-state index contributed by atoms with van der Waals surface area (Å²) in [5.74, 6) is 0.131. The van der Waals surface area contributed by atoms with E-state index in [0.717, 1.165) is 0 Å². The number of carbonyl (C=O) groups excluding carboxylic acids is 1. The van der Waals surface area contributed by atoms with Gasteiger partial charge < -0.3 is 0 Å².